The molecule has 3 rings (SSSR count). The van der Waals surface area contributed by atoms with Crippen LogP contribution < -0.4 is 5.32 Å². The molecule has 34 heavy (non-hydrogen) atoms. The normalized spacial score (nSPS) is 13.2. The average molecular weight is 501 g/mol. The molecule has 2 aromatic carbocycles. The number of carbonyl (C=O) groups excluding carboxylic acids is 1. The summed E-state index contributed by atoms with van der Waals surface area (Å²) in [6.45, 7) is 1.85. The lowest BCUT2D eigenvalue weighted by Gasteiger charge is -2.16. The Balaban J connectivity index is 1.96. The van der Waals surface area contributed by atoms with Crippen LogP contribution >= 0.6 is 11.3 Å². The van der Waals surface area contributed by atoms with Crippen molar-refractivity contribution in [3.63, 3.8) is 0 Å². The summed E-state index contributed by atoms with van der Waals surface area (Å²) in [5, 5.41) is 2.40. The first-order valence-electron chi connectivity index (χ1n) is 10.1. The summed E-state index contributed by atoms with van der Waals surface area (Å²) in [5.41, 5.74) is -0.936. The quantitative estimate of drug-likeness (QED) is 0.398. The van der Waals surface area contributed by atoms with Crippen LogP contribution in [0.1, 0.15) is 45.0 Å². The highest BCUT2D eigenvalue weighted by Crippen LogP contribution is 2.39. The van der Waals surface area contributed by atoms with Gasteiger partial charge in [0.05, 0.1) is 11.6 Å². The molecule has 11 heteroatoms. The number of rotatable bonds is 6. The maximum absolute atomic E-state index is 13.7. The van der Waals surface area contributed by atoms with Crippen molar-refractivity contribution in [3.8, 4) is 10.6 Å². The number of hydrogen-bond donors (Lipinski definition) is 1. The van der Waals surface area contributed by atoms with Crippen molar-refractivity contribution < 1.29 is 31.1 Å². The van der Waals surface area contributed by atoms with Gasteiger partial charge in [0.1, 0.15) is 9.88 Å². The number of aromatic nitrogens is 1. The molecule has 0 saturated carbocycles. The zero-order valence-electron chi connectivity index (χ0n) is 18.4. The second kappa shape index (κ2) is 9.75. The van der Waals surface area contributed by atoms with Crippen molar-refractivity contribution in [1.82, 2.24) is 15.2 Å². The van der Waals surface area contributed by atoms with E-state index in [1.807, 2.05) is 19.0 Å². The van der Waals surface area contributed by atoms with Crippen molar-refractivity contribution >= 4 is 17.2 Å². The Morgan fingerprint density at radius 2 is 1.71 bits per heavy atom. The highest BCUT2D eigenvalue weighted by Gasteiger charge is 2.40. The third-order valence-electron chi connectivity index (χ3n) is 4.90. The Morgan fingerprint density at radius 3 is 2.32 bits per heavy atom. The molecule has 182 valence electrons. The predicted octanol–water partition coefficient (Wildman–Crippen LogP) is 6.40. The maximum Gasteiger partial charge on any atom is 0.435 e. The van der Waals surface area contributed by atoms with Gasteiger partial charge in [-0.15, -0.1) is 11.3 Å². The van der Waals surface area contributed by atoms with Crippen molar-refractivity contribution in [3.05, 3.63) is 75.8 Å². The molecule has 1 amide bonds. The van der Waals surface area contributed by atoms with Gasteiger partial charge < -0.3 is 10.2 Å². The summed E-state index contributed by atoms with van der Waals surface area (Å²) < 4.78 is 80.2. The van der Waals surface area contributed by atoms with E-state index >= 15 is 0 Å². The Kier molecular flexibility index (Phi) is 7.37. The van der Waals surface area contributed by atoms with Gasteiger partial charge in [-0.2, -0.15) is 26.3 Å². The van der Waals surface area contributed by atoms with Crippen LogP contribution in [0, 0.1) is 0 Å². The first kappa shape index (κ1) is 25.7. The minimum absolute atomic E-state index is 0.0293. The van der Waals surface area contributed by atoms with Crippen LogP contribution in [0.2, 0.25) is 0 Å². The van der Waals surface area contributed by atoms with Crippen LogP contribution in [-0.2, 0) is 18.9 Å². The van der Waals surface area contributed by atoms with E-state index in [1.165, 1.54) is 19.1 Å². The fraction of sp³-hybridized carbons (Fsp3) is 0.304. The van der Waals surface area contributed by atoms with Crippen molar-refractivity contribution in [1.29, 1.82) is 0 Å². The van der Waals surface area contributed by atoms with Crippen LogP contribution in [0.4, 0.5) is 26.3 Å². The zero-order chi connectivity index (χ0) is 25.3. The fourth-order valence-electron chi connectivity index (χ4n) is 3.32. The van der Waals surface area contributed by atoms with Crippen LogP contribution in [0.25, 0.3) is 10.6 Å². The molecule has 4 nitrogen and oxygen atoms in total. The number of halogens is 6. The SMILES string of the molecule is CC(NC(=O)c1sc(-c2ccccc2CN(C)C)nc1C(F)(F)F)c1cccc(C(F)(F)F)c1. The van der Waals surface area contributed by atoms with E-state index in [4.69, 9.17) is 0 Å². The van der Waals surface area contributed by atoms with E-state index in [0.717, 1.165) is 17.7 Å². The standard InChI is InChI=1S/C23H21F6N3OS/c1-13(14-8-6-9-16(11-14)22(24,25)26)30-20(33)18-19(23(27,28)29)31-21(34-18)17-10-5-4-7-15(17)12-32(2)3/h4-11,13H,12H2,1-3H3,(H,30,33). The van der Waals surface area contributed by atoms with Crippen LogP contribution in [0.15, 0.2) is 48.5 Å². The summed E-state index contributed by atoms with van der Waals surface area (Å²) in [7, 11) is 3.63. The van der Waals surface area contributed by atoms with Gasteiger partial charge in [0.25, 0.3) is 5.91 Å². The van der Waals surface area contributed by atoms with E-state index in [-0.39, 0.29) is 10.6 Å². The topological polar surface area (TPSA) is 45.2 Å². The van der Waals surface area contributed by atoms with Gasteiger partial charge in [-0.3, -0.25) is 4.79 Å². The van der Waals surface area contributed by atoms with Gasteiger partial charge in [-0.05, 0) is 44.3 Å². The second-order valence-electron chi connectivity index (χ2n) is 7.91. The number of thiazole rings is 1. The van der Waals surface area contributed by atoms with Crippen molar-refractivity contribution in [2.24, 2.45) is 0 Å². The Bertz CT molecular complexity index is 1170. The number of nitrogens with zero attached hydrogens (tertiary/aromatic N) is 2. The summed E-state index contributed by atoms with van der Waals surface area (Å²) in [5.74, 6) is -1.06. The molecule has 0 aliphatic carbocycles. The lowest BCUT2D eigenvalue weighted by Crippen LogP contribution is -2.28. The number of benzene rings is 2. The van der Waals surface area contributed by atoms with E-state index in [2.05, 4.69) is 10.3 Å². The molecule has 0 fully saturated rings. The molecular formula is C23H21F6N3OS. The first-order valence-corrected chi connectivity index (χ1v) is 10.9. The third-order valence-corrected chi connectivity index (χ3v) is 5.99. The molecule has 0 saturated heterocycles. The number of alkyl halides is 6. The summed E-state index contributed by atoms with van der Waals surface area (Å²) in [6.07, 6.45) is -9.48. The summed E-state index contributed by atoms with van der Waals surface area (Å²) >= 11 is 0.592. The van der Waals surface area contributed by atoms with Gasteiger partial charge in [0, 0.05) is 12.1 Å². The summed E-state index contributed by atoms with van der Waals surface area (Å²) in [4.78, 5) is 17.7. The lowest BCUT2D eigenvalue weighted by atomic mass is 10.0. The van der Waals surface area contributed by atoms with Crippen molar-refractivity contribution in [2.45, 2.75) is 31.9 Å². The van der Waals surface area contributed by atoms with E-state index < -0.39 is 40.4 Å². The molecule has 0 aliphatic rings. The van der Waals surface area contributed by atoms with Gasteiger partial charge in [-0.25, -0.2) is 4.98 Å². The van der Waals surface area contributed by atoms with Gasteiger partial charge >= 0.3 is 12.4 Å². The highest BCUT2D eigenvalue weighted by atomic mass is 32.1. The highest BCUT2D eigenvalue weighted by molar-refractivity contribution is 7.17. The number of amides is 1. The molecule has 0 radical (unpaired) electrons. The second-order valence-corrected chi connectivity index (χ2v) is 8.91. The van der Waals surface area contributed by atoms with Crippen LogP contribution in [-0.4, -0.2) is 29.9 Å². The molecule has 0 spiro atoms. The third kappa shape index (κ3) is 5.95. The molecular weight excluding hydrogens is 480 g/mol. The molecule has 1 heterocycles. The summed E-state index contributed by atoms with van der Waals surface area (Å²) in [6, 6.07) is 10.1. The molecule has 1 aromatic heterocycles. The fourth-order valence-corrected chi connectivity index (χ4v) is 4.37. The molecule has 0 bridgehead atoms. The largest absolute Gasteiger partial charge is 0.435 e. The Morgan fingerprint density at radius 1 is 1.03 bits per heavy atom. The van der Waals surface area contributed by atoms with Crippen molar-refractivity contribution in [2.75, 3.05) is 14.1 Å². The number of carbonyl (C=O) groups is 1. The van der Waals surface area contributed by atoms with Gasteiger partial charge in [0.2, 0.25) is 0 Å². The maximum atomic E-state index is 13.7. The van der Waals surface area contributed by atoms with E-state index in [9.17, 15) is 31.1 Å². The minimum Gasteiger partial charge on any atom is -0.345 e. The number of nitrogens with one attached hydrogen (secondary N) is 1. The zero-order valence-corrected chi connectivity index (χ0v) is 19.2. The monoisotopic (exact) mass is 501 g/mol. The first-order chi connectivity index (χ1) is 15.8. The smallest absolute Gasteiger partial charge is 0.345 e. The molecule has 3 aromatic rings. The average Bonchev–Trinajstić information content (AvgIpc) is 3.19. The van der Waals surface area contributed by atoms with Gasteiger partial charge in [0.15, 0.2) is 5.69 Å². The Hall–Kier alpha value is -2.92. The molecule has 1 atom stereocenters. The van der Waals surface area contributed by atoms with Crippen LogP contribution in [0.5, 0.6) is 0 Å². The lowest BCUT2D eigenvalue weighted by molar-refractivity contribution is -0.141. The molecule has 1 N–H and O–H groups in total. The predicted molar refractivity (Wildman–Crippen MR) is 117 cm³/mol. The Labute approximate surface area is 196 Å². The molecule has 0 aliphatic heterocycles. The minimum atomic E-state index is -4.89. The van der Waals surface area contributed by atoms with E-state index in [1.54, 1.807) is 24.3 Å². The molecule has 1 unspecified atom stereocenters. The number of hydrogen-bond acceptors (Lipinski definition) is 4. The van der Waals surface area contributed by atoms with Crippen LogP contribution in [0.3, 0.4) is 0 Å². The van der Waals surface area contributed by atoms with Gasteiger partial charge in [-0.1, -0.05) is 36.4 Å². The van der Waals surface area contributed by atoms with E-state index in [0.29, 0.717) is 23.4 Å².